The second kappa shape index (κ2) is 5.53. The van der Waals surface area contributed by atoms with E-state index in [4.69, 9.17) is 0 Å². The highest BCUT2D eigenvalue weighted by Gasteiger charge is 2.38. The molecule has 0 saturated carbocycles. The van der Waals surface area contributed by atoms with E-state index in [-0.39, 0.29) is 16.9 Å². The van der Waals surface area contributed by atoms with Gasteiger partial charge in [0.15, 0.2) is 0 Å². The highest BCUT2D eigenvalue weighted by Crippen LogP contribution is 2.35. The third-order valence-electron chi connectivity index (χ3n) is 4.23. The van der Waals surface area contributed by atoms with E-state index < -0.39 is 5.97 Å². The minimum atomic E-state index is -0.950. The number of anilines is 1. The zero-order valence-corrected chi connectivity index (χ0v) is 13.2. The summed E-state index contributed by atoms with van der Waals surface area (Å²) in [5, 5.41) is 12.8. The number of nitrogens with zero attached hydrogens (tertiary/aromatic N) is 2. The maximum Gasteiger partial charge on any atom is 0.336 e. The molecule has 0 atom stereocenters. The maximum atomic E-state index is 11.4. The van der Waals surface area contributed by atoms with Gasteiger partial charge in [-0.25, -0.2) is 4.79 Å². The van der Waals surface area contributed by atoms with E-state index in [0.717, 1.165) is 18.8 Å². The number of fused-ring (bicyclic) bond motifs is 1. The number of amides is 1. The first-order chi connectivity index (χ1) is 10.9. The average molecular weight is 313 g/mol. The van der Waals surface area contributed by atoms with Gasteiger partial charge >= 0.3 is 5.97 Å². The number of carbonyl (C=O) groups excluding carboxylic acids is 1. The first-order valence-corrected chi connectivity index (χ1v) is 7.49. The molecule has 23 heavy (non-hydrogen) atoms. The number of carboxylic acid groups (broad SMARTS) is 1. The van der Waals surface area contributed by atoms with Gasteiger partial charge in [-0.05, 0) is 24.3 Å². The number of carboxylic acids is 1. The molecule has 0 spiro atoms. The number of benzene rings is 1. The lowest BCUT2D eigenvalue weighted by Gasteiger charge is -2.49. The van der Waals surface area contributed by atoms with Gasteiger partial charge in [0.25, 0.3) is 0 Å². The summed E-state index contributed by atoms with van der Waals surface area (Å²) < 4.78 is 0. The Balaban J connectivity index is 1.81. The summed E-state index contributed by atoms with van der Waals surface area (Å²) in [6, 6.07) is 7.20. The van der Waals surface area contributed by atoms with Crippen molar-refractivity contribution in [2.45, 2.75) is 13.8 Å². The van der Waals surface area contributed by atoms with Gasteiger partial charge in [-0.15, -0.1) is 0 Å². The Morgan fingerprint density at radius 2 is 2.09 bits per heavy atom. The second-order valence-electron chi connectivity index (χ2n) is 6.44. The molecule has 1 amide bonds. The van der Waals surface area contributed by atoms with Crippen molar-refractivity contribution < 1.29 is 14.7 Å². The molecule has 1 fully saturated rings. The lowest BCUT2D eigenvalue weighted by atomic mass is 9.81. The number of pyridine rings is 1. The van der Waals surface area contributed by atoms with E-state index in [0.29, 0.717) is 17.4 Å². The Morgan fingerprint density at radius 1 is 1.35 bits per heavy atom. The Morgan fingerprint density at radius 3 is 2.74 bits per heavy atom. The Labute approximate surface area is 134 Å². The van der Waals surface area contributed by atoms with E-state index in [2.05, 4.69) is 22.1 Å². The van der Waals surface area contributed by atoms with Gasteiger partial charge in [-0.3, -0.25) is 9.78 Å². The van der Waals surface area contributed by atoms with E-state index in [1.54, 1.807) is 0 Å². The van der Waals surface area contributed by atoms with Crippen LogP contribution in [0.1, 0.15) is 24.2 Å². The summed E-state index contributed by atoms with van der Waals surface area (Å²) in [5.74, 6) is -0.971. The molecule has 1 aliphatic rings. The molecule has 2 aromatic rings. The van der Waals surface area contributed by atoms with Gasteiger partial charge in [0.2, 0.25) is 5.91 Å². The molecule has 1 aliphatic heterocycles. The van der Waals surface area contributed by atoms with Gasteiger partial charge in [-0.1, -0.05) is 6.92 Å². The van der Waals surface area contributed by atoms with Crippen LogP contribution in [0.2, 0.25) is 0 Å². The molecule has 1 saturated heterocycles. The average Bonchev–Trinajstić information content (AvgIpc) is 2.49. The van der Waals surface area contributed by atoms with Crippen molar-refractivity contribution in [3.8, 4) is 0 Å². The van der Waals surface area contributed by atoms with Crippen molar-refractivity contribution in [3.05, 3.63) is 36.0 Å². The summed E-state index contributed by atoms with van der Waals surface area (Å²) in [6.07, 6.45) is 1.51. The second-order valence-corrected chi connectivity index (χ2v) is 6.44. The maximum absolute atomic E-state index is 11.4. The first kappa shape index (κ1) is 15.3. The first-order valence-electron chi connectivity index (χ1n) is 7.49. The minimum Gasteiger partial charge on any atom is -0.478 e. The molecule has 120 valence electrons. The van der Waals surface area contributed by atoms with Crippen LogP contribution in [0.15, 0.2) is 30.5 Å². The van der Waals surface area contributed by atoms with Crippen molar-refractivity contribution in [2.24, 2.45) is 5.41 Å². The SMILES string of the molecule is CC(=O)NCC1(C)CN(c2ccc3nccc(C(=O)O)c3c2)C1. The van der Waals surface area contributed by atoms with Crippen molar-refractivity contribution in [1.82, 2.24) is 10.3 Å². The molecule has 0 radical (unpaired) electrons. The van der Waals surface area contributed by atoms with Crippen molar-refractivity contribution >= 4 is 28.5 Å². The fourth-order valence-electron chi connectivity index (χ4n) is 3.02. The van der Waals surface area contributed by atoms with Crippen LogP contribution in [0.3, 0.4) is 0 Å². The zero-order chi connectivity index (χ0) is 16.6. The van der Waals surface area contributed by atoms with E-state index in [1.165, 1.54) is 19.2 Å². The minimum absolute atomic E-state index is 0.0208. The predicted octanol–water partition coefficient (Wildman–Crippen LogP) is 1.90. The van der Waals surface area contributed by atoms with E-state index in [1.807, 2.05) is 18.2 Å². The lowest BCUT2D eigenvalue weighted by Crippen LogP contribution is -2.59. The molecule has 6 nitrogen and oxygen atoms in total. The molecular formula is C17H19N3O3. The number of rotatable bonds is 4. The zero-order valence-electron chi connectivity index (χ0n) is 13.2. The molecule has 0 unspecified atom stereocenters. The smallest absolute Gasteiger partial charge is 0.336 e. The van der Waals surface area contributed by atoms with Gasteiger partial charge in [-0.2, -0.15) is 0 Å². The molecule has 0 aliphatic carbocycles. The normalized spacial score (nSPS) is 16.0. The quantitative estimate of drug-likeness (QED) is 0.901. The van der Waals surface area contributed by atoms with Crippen LogP contribution in [0.5, 0.6) is 0 Å². The largest absolute Gasteiger partial charge is 0.478 e. The highest BCUT2D eigenvalue weighted by molar-refractivity contribution is 6.03. The van der Waals surface area contributed by atoms with Gasteiger partial charge in [0.1, 0.15) is 0 Å². The summed E-state index contributed by atoms with van der Waals surface area (Å²) in [7, 11) is 0. The fraction of sp³-hybridized carbons (Fsp3) is 0.353. The van der Waals surface area contributed by atoms with Crippen molar-refractivity contribution in [2.75, 3.05) is 24.5 Å². The summed E-state index contributed by atoms with van der Waals surface area (Å²) >= 11 is 0. The lowest BCUT2D eigenvalue weighted by molar-refractivity contribution is -0.119. The molecule has 0 bridgehead atoms. The Kier molecular flexibility index (Phi) is 3.67. The molecule has 6 heteroatoms. The van der Waals surface area contributed by atoms with Gasteiger partial charge in [0.05, 0.1) is 11.1 Å². The molecule has 2 heterocycles. The predicted molar refractivity (Wildman–Crippen MR) is 87.7 cm³/mol. The van der Waals surface area contributed by atoms with Crippen LogP contribution >= 0.6 is 0 Å². The number of carbonyl (C=O) groups is 2. The van der Waals surface area contributed by atoms with Crippen LogP contribution in [-0.4, -0.2) is 41.6 Å². The number of aromatic nitrogens is 1. The standard InChI is InChI=1S/C17H19N3O3/c1-11(21)19-8-17(2)9-20(10-17)12-3-4-15-14(7-12)13(16(22)23)5-6-18-15/h3-7H,8-10H2,1-2H3,(H,19,21)(H,22,23). The topological polar surface area (TPSA) is 82.5 Å². The number of hydrogen-bond donors (Lipinski definition) is 2. The van der Waals surface area contributed by atoms with Crippen LogP contribution in [0, 0.1) is 5.41 Å². The van der Waals surface area contributed by atoms with Gasteiger partial charge < -0.3 is 15.3 Å². The summed E-state index contributed by atoms with van der Waals surface area (Å²) in [5.41, 5.74) is 1.97. The van der Waals surface area contributed by atoms with Crippen LogP contribution in [-0.2, 0) is 4.79 Å². The van der Waals surface area contributed by atoms with Gasteiger partial charge in [0, 0.05) is 49.2 Å². The number of aromatic carboxylic acids is 1. The van der Waals surface area contributed by atoms with Crippen LogP contribution in [0.4, 0.5) is 5.69 Å². The fourth-order valence-corrected chi connectivity index (χ4v) is 3.02. The molecule has 1 aromatic heterocycles. The van der Waals surface area contributed by atoms with Crippen LogP contribution in [0.25, 0.3) is 10.9 Å². The van der Waals surface area contributed by atoms with E-state index >= 15 is 0 Å². The van der Waals surface area contributed by atoms with E-state index in [9.17, 15) is 14.7 Å². The molecule has 1 aromatic carbocycles. The highest BCUT2D eigenvalue weighted by atomic mass is 16.4. The third-order valence-corrected chi connectivity index (χ3v) is 4.23. The molecule has 3 rings (SSSR count). The Bertz CT molecular complexity index is 782. The summed E-state index contributed by atoms with van der Waals surface area (Å²) in [4.78, 5) is 28.8. The molecule has 2 N–H and O–H groups in total. The van der Waals surface area contributed by atoms with Crippen molar-refractivity contribution in [1.29, 1.82) is 0 Å². The van der Waals surface area contributed by atoms with Crippen LogP contribution < -0.4 is 10.2 Å². The monoisotopic (exact) mass is 313 g/mol. The van der Waals surface area contributed by atoms with Crippen molar-refractivity contribution in [3.63, 3.8) is 0 Å². The molecular weight excluding hydrogens is 294 g/mol. The summed E-state index contributed by atoms with van der Waals surface area (Å²) in [6.45, 7) is 5.94. The number of hydrogen-bond acceptors (Lipinski definition) is 4. The number of nitrogens with one attached hydrogen (secondary N) is 1. The third kappa shape index (κ3) is 2.97. The Hall–Kier alpha value is -2.63.